The SMILES string of the molecule is CC(C=O)CCC/C=C/CC(C)C(C)C. The molecular formula is C14H26O. The van der Waals surface area contributed by atoms with Gasteiger partial charge in [-0.05, 0) is 37.5 Å². The monoisotopic (exact) mass is 210 g/mol. The number of rotatable bonds is 8. The molecule has 0 aromatic carbocycles. The number of unbranched alkanes of at least 4 members (excludes halogenated alkanes) is 1. The van der Waals surface area contributed by atoms with Gasteiger partial charge in [0.2, 0.25) is 0 Å². The maximum atomic E-state index is 10.4. The second-order valence-corrected chi connectivity index (χ2v) is 4.97. The number of carbonyl (C=O) groups excluding carboxylic acids is 1. The molecule has 0 aliphatic carbocycles. The number of aldehydes is 1. The summed E-state index contributed by atoms with van der Waals surface area (Å²) in [7, 11) is 0. The van der Waals surface area contributed by atoms with Crippen molar-refractivity contribution in [3.05, 3.63) is 12.2 Å². The van der Waals surface area contributed by atoms with Crippen molar-refractivity contribution in [3.8, 4) is 0 Å². The zero-order valence-electron chi connectivity index (χ0n) is 10.7. The van der Waals surface area contributed by atoms with Gasteiger partial charge < -0.3 is 4.79 Å². The van der Waals surface area contributed by atoms with Gasteiger partial charge in [0.25, 0.3) is 0 Å². The molecule has 0 N–H and O–H groups in total. The highest BCUT2D eigenvalue weighted by molar-refractivity contribution is 5.52. The molecule has 0 amide bonds. The van der Waals surface area contributed by atoms with Gasteiger partial charge in [0.15, 0.2) is 0 Å². The van der Waals surface area contributed by atoms with Crippen molar-refractivity contribution < 1.29 is 4.79 Å². The van der Waals surface area contributed by atoms with Crippen LogP contribution < -0.4 is 0 Å². The van der Waals surface area contributed by atoms with Crippen LogP contribution in [-0.4, -0.2) is 6.29 Å². The third kappa shape index (κ3) is 8.41. The fourth-order valence-electron chi connectivity index (χ4n) is 1.33. The summed E-state index contributed by atoms with van der Waals surface area (Å²) in [5, 5.41) is 0. The molecule has 0 aliphatic rings. The Balaban J connectivity index is 3.43. The summed E-state index contributed by atoms with van der Waals surface area (Å²) in [6.07, 6.45) is 10.0. The molecule has 0 fully saturated rings. The van der Waals surface area contributed by atoms with Crippen LogP contribution in [0.5, 0.6) is 0 Å². The van der Waals surface area contributed by atoms with Crippen molar-refractivity contribution >= 4 is 6.29 Å². The van der Waals surface area contributed by atoms with Crippen LogP contribution in [0, 0.1) is 17.8 Å². The van der Waals surface area contributed by atoms with E-state index in [2.05, 4.69) is 32.9 Å². The highest BCUT2D eigenvalue weighted by atomic mass is 16.1. The summed E-state index contributed by atoms with van der Waals surface area (Å²) in [4.78, 5) is 10.4. The molecule has 0 radical (unpaired) electrons. The first kappa shape index (κ1) is 14.4. The van der Waals surface area contributed by atoms with Gasteiger partial charge in [0.05, 0.1) is 0 Å². The highest BCUT2D eigenvalue weighted by Crippen LogP contribution is 2.14. The molecule has 1 nitrogen and oxygen atoms in total. The number of hydrogen-bond donors (Lipinski definition) is 0. The largest absolute Gasteiger partial charge is 0.303 e. The number of hydrogen-bond acceptors (Lipinski definition) is 1. The Bertz CT molecular complexity index is 182. The van der Waals surface area contributed by atoms with E-state index in [-0.39, 0.29) is 5.92 Å². The first-order valence-corrected chi connectivity index (χ1v) is 6.18. The molecule has 88 valence electrons. The van der Waals surface area contributed by atoms with Gasteiger partial charge in [-0.15, -0.1) is 0 Å². The van der Waals surface area contributed by atoms with E-state index in [4.69, 9.17) is 0 Å². The van der Waals surface area contributed by atoms with Crippen LogP contribution in [0.15, 0.2) is 12.2 Å². The summed E-state index contributed by atoms with van der Waals surface area (Å²) in [6.45, 7) is 8.82. The third-order valence-corrected chi connectivity index (χ3v) is 3.08. The maximum Gasteiger partial charge on any atom is 0.122 e. The van der Waals surface area contributed by atoms with Crippen LogP contribution in [0.4, 0.5) is 0 Å². The Labute approximate surface area is 95.0 Å². The average Bonchev–Trinajstić information content (AvgIpc) is 2.22. The quantitative estimate of drug-likeness (QED) is 0.333. The molecule has 0 aliphatic heterocycles. The van der Waals surface area contributed by atoms with Crippen LogP contribution in [0.25, 0.3) is 0 Å². The van der Waals surface area contributed by atoms with Crippen LogP contribution in [0.2, 0.25) is 0 Å². The number of carbonyl (C=O) groups is 1. The molecule has 0 saturated heterocycles. The standard InChI is InChI=1S/C14H26O/c1-12(2)14(4)10-8-6-5-7-9-13(3)11-15/h6,8,11-14H,5,7,9-10H2,1-4H3/b8-6+. The minimum Gasteiger partial charge on any atom is -0.303 e. The molecule has 0 heterocycles. The predicted octanol–water partition coefficient (Wildman–Crippen LogP) is 4.23. The minimum atomic E-state index is 0.230. The Morgan fingerprint density at radius 2 is 1.73 bits per heavy atom. The smallest absolute Gasteiger partial charge is 0.122 e. The second kappa shape index (κ2) is 8.70. The van der Waals surface area contributed by atoms with Gasteiger partial charge in [-0.1, -0.05) is 39.8 Å². The molecule has 0 aromatic rings. The van der Waals surface area contributed by atoms with Gasteiger partial charge in [0, 0.05) is 5.92 Å². The van der Waals surface area contributed by atoms with Crippen molar-refractivity contribution in [3.63, 3.8) is 0 Å². The fraction of sp³-hybridized carbons (Fsp3) is 0.786. The van der Waals surface area contributed by atoms with Crippen molar-refractivity contribution in [1.29, 1.82) is 0 Å². The lowest BCUT2D eigenvalue weighted by Gasteiger charge is -2.12. The van der Waals surface area contributed by atoms with Gasteiger partial charge in [-0.25, -0.2) is 0 Å². The van der Waals surface area contributed by atoms with Crippen molar-refractivity contribution in [2.75, 3.05) is 0 Å². The van der Waals surface area contributed by atoms with E-state index in [1.165, 1.54) is 6.42 Å². The Morgan fingerprint density at radius 3 is 2.27 bits per heavy atom. The summed E-state index contributed by atoms with van der Waals surface area (Å²) in [5.74, 6) is 1.77. The van der Waals surface area contributed by atoms with Gasteiger partial charge in [0.1, 0.15) is 6.29 Å². The summed E-state index contributed by atoms with van der Waals surface area (Å²) < 4.78 is 0. The second-order valence-electron chi connectivity index (χ2n) is 4.97. The summed E-state index contributed by atoms with van der Waals surface area (Å²) in [6, 6.07) is 0. The maximum absolute atomic E-state index is 10.4. The van der Waals surface area contributed by atoms with E-state index in [0.29, 0.717) is 0 Å². The van der Waals surface area contributed by atoms with E-state index in [1.807, 2.05) is 6.92 Å². The van der Waals surface area contributed by atoms with E-state index >= 15 is 0 Å². The Hall–Kier alpha value is -0.590. The van der Waals surface area contributed by atoms with Crippen LogP contribution in [0.3, 0.4) is 0 Å². The van der Waals surface area contributed by atoms with Gasteiger partial charge >= 0.3 is 0 Å². The van der Waals surface area contributed by atoms with Crippen molar-refractivity contribution in [2.45, 2.75) is 53.4 Å². The first-order chi connectivity index (χ1) is 7.07. The summed E-state index contributed by atoms with van der Waals surface area (Å²) in [5.41, 5.74) is 0. The molecular weight excluding hydrogens is 184 g/mol. The molecule has 0 saturated carbocycles. The highest BCUT2D eigenvalue weighted by Gasteiger charge is 2.03. The lowest BCUT2D eigenvalue weighted by molar-refractivity contribution is -0.110. The van der Waals surface area contributed by atoms with Crippen LogP contribution >= 0.6 is 0 Å². The Morgan fingerprint density at radius 1 is 1.07 bits per heavy atom. The number of allylic oxidation sites excluding steroid dienone is 2. The zero-order valence-corrected chi connectivity index (χ0v) is 10.7. The summed E-state index contributed by atoms with van der Waals surface area (Å²) >= 11 is 0. The van der Waals surface area contributed by atoms with E-state index in [1.54, 1.807) is 0 Å². The molecule has 0 bridgehead atoms. The zero-order chi connectivity index (χ0) is 11.7. The van der Waals surface area contributed by atoms with E-state index < -0.39 is 0 Å². The van der Waals surface area contributed by atoms with Crippen molar-refractivity contribution in [2.24, 2.45) is 17.8 Å². The molecule has 0 spiro atoms. The lowest BCUT2D eigenvalue weighted by atomic mass is 9.94. The van der Waals surface area contributed by atoms with E-state index in [9.17, 15) is 4.79 Å². The fourth-order valence-corrected chi connectivity index (χ4v) is 1.33. The third-order valence-electron chi connectivity index (χ3n) is 3.08. The van der Waals surface area contributed by atoms with Gasteiger partial charge in [-0.2, -0.15) is 0 Å². The van der Waals surface area contributed by atoms with Crippen molar-refractivity contribution in [1.82, 2.24) is 0 Å². The topological polar surface area (TPSA) is 17.1 Å². The van der Waals surface area contributed by atoms with Crippen LogP contribution in [-0.2, 0) is 4.79 Å². The first-order valence-electron chi connectivity index (χ1n) is 6.18. The van der Waals surface area contributed by atoms with Gasteiger partial charge in [-0.3, -0.25) is 0 Å². The van der Waals surface area contributed by atoms with Crippen LogP contribution in [0.1, 0.15) is 53.4 Å². The Kier molecular flexibility index (Phi) is 8.35. The minimum absolute atomic E-state index is 0.230. The normalized spacial score (nSPS) is 15.8. The molecule has 1 heteroatoms. The molecule has 2 atom stereocenters. The molecule has 2 unspecified atom stereocenters. The lowest BCUT2D eigenvalue weighted by Crippen LogP contribution is -2.01. The average molecular weight is 210 g/mol. The molecule has 15 heavy (non-hydrogen) atoms. The molecule has 0 rings (SSSR count). The predicted molar refractivity (Wildman–Crippen MR) is 66.8 cm³/mol. The van der Waals surface area contributed by atoms with E-state index in [0.717, 1.165) is 37.4 Å². The molecule has 0 aromatic heterocycles.